The molecule has 0 radical (unpaired) electrons. The third-order valence-electron chi connectivity index (χ3n) is 4.31. The quantitative estimate of drug-likeness (QED) is 0.880. The first-order chi connectivity index (χ1) is 11.9. The number of benzene rings is 1. The minimum atomic E-state index is -5.03. The van der Waals surface area contributed by atoms with Crippen LogP contribution in [0.25, 0.3) is 0 Å². The summed E-state index contributed by atoms with van der Waals surface area (Å²) in [4.78, 5) is 12.4. The Kier molecular flexibility index (Phi) is 5.37. The van der Waals surface area contributed by atoms with Gasteiger partial charge in [0.2, 0.25) is 0 Å². The SMILES string of the molecule is Cc1cc(C)c(OCC(=O)N2N=C(C(C)C)C[C@]2(O)C(F)(F)F)c(C)c1. The molecule has 144 valence electrons. The topological polar surface area (TPSA) is 62.1 Å². The summed E-state index contributed by atoms with van der Waals surface area (Å²) in [5, 5.41) is 14.0. The number of aliphatic hydroxyl groups is 1. The molecule has 1 aromatic carbocycles. The van der Waals surface area contributed by atoms with Gasteiger partial charge in [-0.05, 0) is 37.8 Å². The number of hydrogen-bond acceptors (Lipinski definition) is 4. The molecule has 0 unspecified atom stereocenters. The number of nitrogens with zero attached hydrogens (tertiary/aromatic N) is 2. The Labute approximate surface area is 150 Å². The van der Waals surface area contributed by atoms with E-state index in [2.05, 4.69) is 5.10 Å². The Hall–Kier alpha value is -2.09. The molecule has 1 aromatic rings. The van der Waals surface area contributed by atoms with Gasteiger partial charge in [0.25, 0.3) is 11.6 Å². The molecule has 0 saturated carbocycles. The van der Waals surface area contributed by atoms with Crippen LogP contribution in [-0.2, 0) is 4.79 Å². The molecule has 1 amide bonds. The normalized spacial score (nSPS) is 20.5. The monoisotopic (exact) mass is 372 g/mol. The molecular weight excluding hydrogens is 349 g/mol. The molecule has 1 aliphatic heterocycles. The van der Waals surface area contributed by atoms with E-state index < -0.39 is 30.8 Å². The van der Waals surface area contributed by atoms with Gasteiger partial charge in [-0.25, -0.2) is 0 Å². The summed E-state index contributed by atoms with van der Waals surface area (Å²) in [5.74, 6) is -0.948. The highest BCUT2D eigenvalue weighted by atomic mass is 19.4. The molecule has 1 heterocycles. The maximum Gasteiger partial charge on any atom is 0.438 e. The molecule has 0 spiro atoms. The number of hydrogen-bond donors (Lipinski definition) is 1. The van der Waals surface area contributed by atoms with Crippen LogP contribution >= 0.6 is 0 Å². The molecule has 8 heteroatoms. The fourth-order valence-corrected chi connectivity index (χ4v) is 2.97. The van der Waals surface area contributed by atoms with Crippen LogP contribution in [0, 0.1) is 26.7 Å². The van der Waals surface area contributed by atoms with E-state index >= 15 is 0 Å². The minimum Gasteiger partial charge on any atom is -0.483 e. The summed E-state index contributed by atoms with van der Waals surface area (Å²) in [5.41, 5.74) is -0.676. The number of hydrazone groups is 1. The van der Waals surface area contributed by atoms with Crippen molar-refractivity contribution in [3.63, 3.8) is 0 Å². The molecule has 0 bridgehead atoms. The van der Waals surface area contributed by atoms with Crippen molar-refractivity contribution in [2.45, 2.75) is 52.9 Å². The van der Waals surface area contributed by atoms with Gasteiger partial charge in [-0.15, -0.1) is 0 Å². The first kappa shape index (κ1) is 20.2. The summed E-state index contributed by atoms with van der Waals surface area (Å²) in [6.07, 6.45) is -5.79. The maximum absolute atomic E-state index is 13.4. The molecule has 26 heavy (non-hydrogen) atoms. The summed E-state index contributed by atoms with van der Waals surface area (Å²) in [7, 11) is 0. The Bertz CT molecular complexity index is 721. The van der Waals surface area contributed by atoms with E-state index in [0.717, 1.165) is 16.7 Å². The Morgan fingerprint density at radius 3 is 2.31 bits per heavy atom. The molecule has 1 atom stereocenters. The van der Waals surface area contributed by atoms with Crippen molar-refractivity contribution in [1.82, 2.24) is 5.01 Å². The van der Waals surface area contributed by atoms with Crippen LogP contribution < -0.4 is 4.74 Å². The van der Waals surface area contributed by atoms with Gasteiger partial charge in [0.1, 0.15) is 5.75 Å². The molecule has 0 fully saturated rings. The number of alkyl halides is 3. The van der Waals surface area contributed by atoms with E-state index in [0.29, 0.717) is 5.75 Å². The minimum absolute atomic E-state index is 0.112. The highest BCUT2D eigenvalue weighted by Crippen LogP contribution is 2.41. The third kappa shape index (κ3) is 3.70. The lowest BCUT2D eigenvalue weighted by molar-refractivity contribution is -0.302. The molecule has 1 N–H and O–H groups in total. The average molecular weight is 372 g/mol. The van der Waals surface area contributed by atoms with Gasteiger partial charge in [0, 0.05) is 12.1 Å². The summed E-state index contributed by atoms with van der Waals surface area (Å²) in [6.45, 7) is 8.13. The first-order valence-electron chi connectivity index (χ1n) is 8.27. The molecule has 1 aliphatic rings. The van der Waals surface area contributed by atoms with Crippen molar-refractivity contribution < 1.29 is 27.8 Å². The molecule has 0 aliphatic carbocycles. The van der Waals surface area contributed by atoms with Gasteiger partial charge in [-0.3, -0.25) is 4.79 Å². The van der Waals surface area contributed by atoms with Crippen LogP contribution in [0.5, 0.6) is 5.75 Å². The Balaban J connectivity index is 2.24. The van der Waals surface area contributed by atoms with Crippen molar-refractivity contribution in [2.75, 3.05) is 6.61 Å². The van der Waals surface area contributed by atoms with Crippen LogP contribution in [0.4, 0.5) is 13.2 Å². The molecule has 0 saturated heterocycles. The standard InChI is InChI=1S/C18H23F3N2O3/c1-10(2)14-8-17(25,18(19,20)21)23(22-14)15(24)9-26-16-12(4)6-11(3)7-13(16)5/h6-7,10,25H,8-9H2,1-5H3/t17-/m0/s1. The average Bonchev–Trinajstić information content (AvgIpc) is 2.85. The maximum atomic E-state index is 13.4. The molecular formula is C18H23F3N2O3. The number of carbonyl (C=O) groups excluding carboxylic acids is 1. The van der Waals surface area contributed by atoms with E-state index in [1.165, 1.54) is 0 Å². The van der Waals surface area contributed by atoms with Crippen molar-refractivity contribution >= 4 is 11.6 Å². The van der Waals surface area contributed by atoms with E-state index in [1.807, 2.05) is 19.1 Å². The van der Waals surface area contributed by atoms with E-state index in [1.54, 1.807) is 27.7 Å². The predicted octanol–water partition coefficient (Wildman–Crippen LogP) is 3.49. The lowest BCUT2D eigenvalue weighted by atomic mass is 9.99. The van der Waals surface area contributed by atoms with Gasteiger partial charge in [0.05, 0.1) is 0 Å². The molecule has 2 rings (SSSR count). The number of ether oxygens (including phenoxy) is 1. The summed E-state index contributed by atoms with van der Waals surface area (Å²) < 4.78 is 45.6. The predicted molar refractivity (Wildman–Crippen MR) is 90.9 cm³/mol. The number of rotatable bonds is 4. The van der Waals surface area contributed by atoms with Crippen molar-refractivity contribution in [2.24, 2.45) is 11.0 Å². The van der Waals surface area contributed by atoms with Gasteiger partial charge in [-0.2, -0.15) is 23.3 Å². The first-order valence-corrected chi connectivity index (χ1v) is 8.27. The zero-order valence-corrected chi connectivity index (χ0v) is 15.4. The van der Waals surface area contributed by atoms with Crippen LogP contribution in [0.3, 0.4) is 0 Å². The highest BCUT2D eigenvalue weighted by molar-refractivity contribution is 5.92. The Morgan fingerprint density at radius 2 is 1.85 bits per heavy atom. The number of aryl methyl sites for hydroxylation is 3. The van der Waals surface area contributed by atoms with E-state index in [9.17, 15) is 23.1 Å². The number of amides is 1. The van der Waals surface area contributed by atoms with Gasteiger partial charge >= 0.3 is 6.18 Å². The lowest BCUT2D eigenvalue weighted by Crippen LogP contribution is -2.57. The molecule has 5 nitrogen and oxygen atoms in total. The van der Waals surface area contributed by atoms with Gasteiger partial charge < -0.3 is 9.84 Å². The zero-order valence-electron chi connectivity index (χ0n) is 15.4. The van der Waals surface area contributed by atoms with Crippen molar-refractivity contribution in [1.29, 1.82) is 0 Å². The smallest absolute Gasteiger partial charge is 0.438 e. The fourth-order valence-electron chi connectivity index (χ4n) is 2.97. The summed E-state index contributed by atoms with van der Waals surface area (Å²) in [6, 6.07) is 3.70. The van der Waals surface area contributed by atoms with Gasteiger partial charge in [0.15, 0.2) is 6.61 Å². The second-order valence-corrected chi connectivity index (χ2v) is 6.96. The van der Waals surface area contributed by atoms with Gasteiger partial charge in [-0.1, -0.05) is 31.5 Å². The Morgan fingerprint density at radius 1 is 1.31 bits per heavy atom. The lowest BCUT2D eigenvalue weighted by Gasteiger charge is -2.32. The second kappa shape index (κ2) is 6.90. The number of carbonyl (C=O) groups is 1. The molecule has 0 aromatic heterocycles. The van der Waals surface area contributed by atoms with Crippen LogP contribution in [0.2, 0.25) is 0 Å². The van der Waals surface area contributed by atoms with Crippen LogP contribution in [0.15, 0.2) is 17.2 Å². The van der Waals surface area contributed by atoms with Crippen molar-refractivity contribution in [3.8, 4) is 5.75 Å². The summed E-state index contributed by atoms with van der Waals surface area (Å²) >= 11 is 0. The van der Waals surface area contributed by atoms with Crippen LogP contribution in [-0.4, -0.2) is 40.2 Å². The van der Waals surface area contributed by atoms with E-state index in [-0.39, 0.29) is 16.6 Å². The zero-order chi connectivity index (χ0) is 19.9. The van der Waals surface area contributed by atoms with Crippen LogP contribution in [0.1, 0.15) is 37.0 Å². The third-order valence-corrected chi connectivity index (χ3v) is 4.31. The highest BCUT2D eigenvalue weighted by Gasteiger charge is 2.63. The largest absolute Gasteiger partial charge is 0.483 e. The number of halogens is 3. The second-order valence-electron chi connectivity index (χ2n) is 6.96. The van der Waals surface area contributed by atoms with Crippen molar-refractivity contribution in [3.05, 3.63) is 28.8 Å². The fraction of sp³-hybridized carbons (Fsp3) is 0.556. The van der Waals surface area contributed by atoms with E-state index in [4.69, 9.17) is 4.74 Å².